The van der Waals surface area contributed by atoms with Crippen LogP contribution in [0.2, 0.25) is 0 Å². The summed E-state index contributed by atoms with van der Waals surface area (Å²) in [6.45, 7) is 7.89. The highest BCUT2D eigenvalue weighted by Gasteiger charge is 2.24. The van der Waals surface area contributed by atoms with Gasteiger partial charge >= 0.3 is 11.9 Å². The fraction of sp³-hybridized carbons (Fsp3) is 0.846. The molecule has 0 rings (SSSR count). The zero-order chi connectivity index (χ0) is 14.3. The quantitative estimate of drug-likeness (QED) is 0.560. The molecule has 0 aliphatic rings. The molecule has 1 unspecified atom stereocenters. The normalized spacial score (nSPS) is 13.3. The lowest BCUT2D eigenvalue weighted by Gasteiger charge is -2.24. The first-order chi connectivity index (χ1) is 8.11. The van der Waals surface area contributed by atoms with Crippen molar-refractivity contribution < 1.29 is 24.2 Å². The molecular formula is C13H24O5. The highest BCUT2D eigenvalue weighted by molar-refractivity contribution is 5.68. The highest BCUT2D eigenvalue weighted by atomic mass is 16.7. The number of esters is 2. The van der Waals surface area contributed by atoms with Gasteiger partial charge in [-0.2, -0.15) is 0 Å². The van der Waals surface area contributed by atoms with E-state index in [4.69, 9.17) is 9.47 Å². The molecule has 0 fully saturated rings. The van der Waals surface area contributed by atoms with E-state index in [-0.39, 0.29) is 5.92 Å². The van der Waals surface area contributed by atoms with Gasteiger partial charge in [0.05, 0.1) is 5.60 Å². The Hall–Kier alpha value is -1.10. The third kappa shape index (κ3) is 8.98. The predicted molar refractivity (Wildman–Crippen MR) is 66.6 cm³/mol. The molecule has 0 aliphatic carbocycles. The molecule has 5 heteroatoms. The standard InChI is InChI=1S/C13H24O5/c1-9(7-6-8-13(4,5)16)12(17-10(2)14)18-11(3)15/h9,12,16H,6-8H2,1-5H3. The Bertz CT molecular complexity index is 264. The van der Waals surface area contributed by atoms with Crippen molar-refractivity contribution in [2.45, 2.75) is 65.8 Å². The summed E-state index contributed by atoms with van der Waals surface area (Å²) in [7, 11) is 0. The van der Waals surface area contributed by atoms with Crippen molar-refractivity contribution in [2.75, 3.05) is 0 Å². The molecule has 0 aliphatic heterocycles. The second kappa shape index (κ2) is 7.36. The van der Waals surface area contributed by atoms with E-state index in [9.17, 15) is 14.7 Å². The first kappa shape index (κ1) is 16.9. The molecule has 106 valence electrons. The molecule has 0 bridgehead atoms. The largest absolute Gasteiger partial charge is 0.425 e. The van der Waals surface area contributed by atoms with Crippen molar-refractivity contribution >= 4 is 11.9 Å². The molecule has 0 spiro atoms. The summed E-state index contributed by atoms with van der Waals surface area (Å²) < 4.78 is 9.92. The van der Waals surface area contributed by atoms with Crippen molar-refractivity contribution in [3.63, 3.8) is 0 Å². The van der Waals surface area contributed by atoms with Crippen LogP contribution in [0, 0.1) is 5.92 Å². The van der Waals surface area contributed by atoms with Crippen LogP contribution < -0.4 is 0 Å². The van der Waals surface area contributed by atoms with Gasteiger partial charge in [0.15, 0.2) is 0 Å². The summed E-state index contributed by atoms with van der Waals surface area (Å²) >= 11 is 0. The first-order valence-corrected chi connectivity index (χ1v) is 6.18. The van der Waals surface area contributed by atoms with Gasteiger partial charge in [0, 0.05) is 19.8 Å². The van der Waals surface area contributed by atoms with Crippen molar-refractivity contribution in [3.8, 4) is 0 Å². The van der Waals surface area contributed by atoms with E-state index < -0.39 is 23.8 Å². The van der Waals surface area contributed by atoms with Gasteiger partial charge in [-0.3, -0.25) is 9.59 Å². The van der Waals surface area contributed by atoms with E-state index in [1.165, 1.54) is 13.8 Å². The molecule has 0 aromatic carbocycles. The number of carbonyl (C=O) groups is 2. The molecule has 0 aromatic rings. The maximum atomic E-state index is 10.9. The minimum Gasteiger partial charge on any atom is -0.425 e. The van der Waals surface area contributed by atoms with E-state index in [0.717, 1.165) is 6.42 Å². The molecule has 5 nitrogen and oxygen atoms in total. The maximum absolute atomic E-state index is 10.9. The van der Waals surface area contributed by atoms with Gasteiger partial charge in [0.2, 0.25) is 6.29 Å². The zero-order valence-electron chi connectivity index (χ0n) is 11.9. The monoisotopic (exact) mass is 260 g/mol. The van der Waals surface area contributed by atoms with E-state index in [1.807, 2.05) is 6.92 Å². The van der Waals surface area contributed by atoms with Gasteiger partial charge in [0.25, 0.3) is 0 Å². The third-order valence-corrected chi connectivity index (χ3v) is 2.48. The molecule has 0 amide bonds. The highest BCUT2D eigenvalue weighted by Crippen LogP contribution is 2.20. The Morgan fingerprint density at radius 3 is 1.94 bits per heavy atom. The van der Waals surface area contributed by atoms with Gasteiger partial charge < -0.3 is 14.6 Å². The maximum Gasteiger partial charge on any atom is 0.305 e. The first-order valence-electron chi connectivity index (χ1n) is 6.18. The minimum atomic E-state index is -0.846. The molecule has 0 radical (unpaired) electrons. The second-order valence-electron chi connectivity index (χ2n) is 5.27. The summed E-state index contributed by atoms with van der Waals surface area (Å²) in [5.74, 6) is -1.05. The van der Waals surface area contributed by atoms with Crippen molar-refractivity contribution in [1.29, 1.82) is 0 Å². The fourth-order valence-electron chi connectivity index (χ4n) is 1.58. The molecule has 18 heavy (non-hydrogen) atoms. The van der Waals surface area contributed by atoms with Crippen molar-refractivity contribution in [2.24, 2.45) is 5.92 Å². The van der Waals surface area contributed by atoms with Crippen LogP contribution in [0.4, 0.5) is 0 Å². The van der Waals surface area contributed by atoms with Crippen LogP contribution in [0.3, 0.4) is 0 Å². The summed E-state index contributed by atoms with van der Waals surface area (Å²) in [5, 5.41) is 9.59. The molecule has 0 aromatic heterocycles. The third-order valence-electron chi connectivity index (χ3n) is 2.48. The number of carbonyl (C=O) groups excluding carboxylic acids is 2. The van der Waals surface area contributed by atoms with Gasteiger partial charge in [-0.1, -0.05) is 13.3 Å². The summed E-state index contributed by atoms with van der Waals surface area (Å²) in [4.78, 5) is 21.8. The fourth-order valence-corrected chi connectivity index (χ4v) is 1.58. The van der Waals surface area contributed by atoms with E-state index >= 15 is 0 Å². The number of hydrogen-bond donors (Lipinski definition) is 1. The Morgan fingerprint density at radius 1 is 1.17 bits per heavy atom. The van der Waals surface area contributed by atoms with Crippen LogP contribution in [-0.4, -0.2) is 28.9 Å². The lowest BCUT2D eigenvalue weighted by Crippen LogP contribution is -2.29. The van der Waals surface area contributed by atoms with Crippen LogP contribution in [0.5, 0.6) is 0 Å². The average Bonchev–Trinajstić information content (AvgIpc) is 2.12. The van der Waals surface area contributed by atoms with Crippen LogP contribution in [-0.2, 0) is 19.1 Å². The Labute approximate surface area is 108 Å². The number of hydrogen-bond acceptors (Lipinski definition) is 5. The summed E-state index contributed by atoms with van der Waals surface area (Å²) in [6.07, 6.45) is 1.27. The van der Waals surface area contributed by atoms with E-state index in [0.29, 0.717) is 12.8 Å². The van der Waals surface area contributed by atoms with Crippen LogP contribution in [0.1, 0.15) is 53.9 Å². The lowest BCUT2D eigenvalue weighted by atomic mass is 9.96. The topological polar surface area (TPSA) is 72.8 Å². The minimum absolute atomic E-state index is 0.0971. The van der Waals surface area contributed by atoms with Crippen LogP contribution in [0.15, 0.2) is 0 Å². The van der Waals surface area contributed by atoms with Gasteiger partial charge in [-0.25, -0.2) is 0 Å². The lowest BCUT2D eigenvalue weighted by molar-refractivity contribution is -0.194. The van der Waals surface area contributed by atoms with Crippen LogP contribution in [0.25, 0.3) is 0 Å². The molecular weight excluding hydrogens is 236 g/mol. The second-order valence-corrected chi connectivity index (χ2v) is 5.27. The molecule has 1 atom stereocenters. The van der Waals surface area contributed by atoms with Gasteiger partial charge in [0.1, 0.15) is 0 Å². The smallest absolute Gasteiger partial charge is 0.305 e. The zero-order valence-corrected chi connectivity index (χ0v) is 11.9. The Morgan fingerprint density at radius 2 is 1.61 bits per heavy atom. The Balaban J connectivity index is 4.24. The van der Waals surface area contributed by atoms with Gasteiger partial charge in [-0.05, 0) is 26.7 Å². The molecule has 0 saturated heterocycles. The average molecular weight is 260 g/mol. The van der Waals surface area contributed by atoms with Gasteiger partial charge in [-0.15, -0.1) is 0 Å². The number of ether oxygens (including phenoxy) is 2. The van der Waals surface area contributed by atoms with E-state index in [1.54, 1.807) is 13.8 Å². The Kier molecular flexibility index (Phi) is 6.91. The molecule has 0 heterocycles. The molecule has 1 N–H and O–H groups in total. The number of rotatable bonds is 7. The van der Waals surface area contributed by atoms with Crippen LogP contribution >= 0.6 is 0 Å². The van der Waals surface area contributed by atoms with Crippen molar-refractivity contribution in [1.82, 2.24) is 0 Å². The van der Waals surface area contributed by atoms with Crippen molar-refractivity contribution in [3.05, 3.63) is 0 Å². The predicted octanol–water partition coefficient (Wildman–Crippen LogP) is 2.02. The summed E-state index contributed by atoms with van der Waals surface area (Å²) in [5.41, 5.74) is -0.710. The van der Waals surface area contributed by atoms with E-state index in [2.05, 4.69) is 0 Å². The summed E-state index contributed by atoms with van der Waals surface area (Å²) in [6, 6.07) is 0. The SMILES string of the molecule is CC(=O)OC(OC(C)=O)C(C)CCCC(C)(C)O. The number of aliphatic hydroxyl groups is 1. The molecule has 0 saturated carbocycles.